The van der Waals surface area contributed by atoms with Crippen LogP contribution in [0.2, 0.25) is 5.02 Å². The van der Waals surface area contributed by atoms with Crippen molar-refractivity contribution < 1.29 is 22.8 Å². The van der Waals surface area contributed by atoms with Crippen LogP contribution in [-0.4, -0.2) is 35.2 Å². The third-order valence-corrected chi connectivity index (χ3v) is 3.70. The van der Waals surface area contributed by atoms with E-state index in [9.17, 15) is 23.3 Å². The molecule has 0 radical (unpaired) electrons. The first-order chi connectivity index (χ1) is 12.7. The first-order valence-electron chi connectivity index (χ1n) is 7.60. The first kappa shape index (κ1) is 20.6. The van der Waals surface area contributed by atoms with Crippen LogP contribution in [-0.2, 0) is 10.9 Å². The molecule has 0 saturated carbocycles. The monoisotopic (exact) mass is 405 g/mol. The number of nitro groups is 1. The highest BCUT2D eigenvalue weighted by molar-refractivity contribution is 6.33. The maximum atomic E-state index is 12.9. The van der Waals surface area contributed by atoms with E-state index in [1.807, 2.05) is 0 Å². The Hall–Kier alpha value is -2.66. The van der Waals surface area contributed by atoms with E-state index in [0.717, 1.165) is 24.5 Å². The minimum atomic E-state index is -4.59. The van der Waals surface area contributed by atoms with Crippen LogP contribution in [0.15, 0.2) is 24.5 Å². The second kappa shape index (κ2) is 8.82. The summed E-state index contributed by atoms with van der Waals surface area (Å²) >= 11 is 5.91. The van der Waals surface area contributed by atoms with Crippen molar-refractivity contribution in [3.8, 4) is 0 Å². The van der Waals surface area contributed by atoms with Gasteiger partial charge in [0.15, 0.2) is 0 Å². The number of benzene rings is 1. The second-order valence-electron chi connectivity index (χ2n) is 5.27. The molecule has 0 bridgehead atoms. The van der Waals surface area contributed by atoms with Gasteiger partial charge in [0, 0.05) is 20.3 Å². The summed E-state index contributed by atoms with van der Waals surface area (Å²) in [6.07, 6.45) is -2.97. The Morgan fingerprint density at radius 1 is 1.30 bits per heavy atom. The quantitative estimate of drug-likeness (QED) is 0.384. The van der Waals surface area contributed by atoms with E-state index in [1.165, 1.54) is 7.11 Å². The Morgan fingerprint density at radius 2 is 2.00 bits per heavy atom. The maximum Gasteiger partial charge on any atom is 0.416 e. The van der Waals surface area contributed by atoms with Crippen LogP contribution in [0.4, 0.5) is 36.2 Å². The number of halogens is 4. The molecular formula is C15H15ClF3N5O3. The van der Waals surface area contributed by atoms with Gasteiger partial charge in [-0.2, -0.15) is 13.2 Å². The van der Waals surface area contributed by atoms with Crippen molar-refractivity contribution >= 4 is 34.6 Å². The molecule has 0 aliphatic heterocycles. The zero-order chi connectivity index (χ0) is 20.0. The fraction of sp³-hybridized carbons (Fsp3) is 0.333. The lowest BCUT2D eigenvalue weighted by molar-refractivity contribution is -0.383. The lowest BCUT2D eigenvalue weighted by Crippen LogP contribution is -2.11. The first-order valence-corrected chi connectivity index (χ1v) is 7.97. The normalized spacial score (nSPS) is 11.3. The van der Waals surface area contributed by atoms with Crippen molar-refractivity contribution in [2.24, 2.45) is 0 Å². The van der Waals surface area contributed by atoms with Gasteiger partial charge in [-0.25, -0.2) is 9.97 Å². The van der Waals surface area contributed by atoms with Gasteiger partial charge in [-0.1, -0.05) is 11.6 Å². The molecule has 2 aromatic rings. The number of methoxy groups -OCH3 is 1. The number of nitrogens with zero attached hydrogens (tertiary/aromatic N) is 3. The molecule has 0 fully saturated rings. The highest BCUT2D eigenvalue weighted by Crippen LogP contribution is 2.37. The molecule has 0 aliphatic rings. The van der Waals surface area contributed by atoms with Crippen LogP contribution in [0.1, 0.15) is 12.0 Å². The zero-order valence-electron chi connectivity index (χ0n) is 14.0. The number of nitrogens with one attached hydrogen (secondary N) is 2. The molecule has 146 valence electrons. The number of hydrogen-bond acceptors (Lipinski definition) is 7. The van der Waals surface area contributed by atoms with Gasteiger partial charge in [0.2, 0.25) is 11.6 Å². The van der Waals surface area contributed by atoms with Gasteiger partial charge in [-0.3, -0.25) is 10.1 Å². The number of ether oxygens (including phenoxy) is 1. The lowest BCUT2D eigenvalue weighted by Gasteiger charge is -2.13. The van der Waals surface area contributed by atoms with Crippen molar-refractivity contribution in [1.82, 2.24) is 9.97 Å². The van der Waals surface area contributed by atoms with Crippen molar-refractivity contribution in [2.45, 2.75) is 12.6 Å². The SMILES string of the molecule is COCCCNc1ncnc(Nc2cc(C(F)(F)F)ccc2Cl)c1[N+](=O)[O-]. The molecule has 0 aliphatic carbocycles. The Bertz CT molecular complexity index is 820. The summed E-state index contributed by atoms with van der Waals surface area (Å²) in [6.45, 7) is 0.784. The summed E-state index contributed by atoms with van der Waals surface area (Å²) in [7, 11) is 1.52. The molecule has 2 N–H and O–H groups in total. The number of rotatable bonds is 8. The Balaban J connectivity index is 2.35. The van der Waals surface area contributed by atoms with Gasteiger partial charge >= 0.3 is 11.9 Å². The van der Waals surface area contributed by atoms with Gasteiger partial charge in [0.05, 0.1) is 21.2 Å². The van der Waals surface area contributed by atoms with Gasteiger partial charge in [-0.15, -0.1) is 0 Å². The highest BCUT2D eigenvalue weighted by Gasteiger charge is 2.31. The number of alkyl halides is 3. The van der Waals surface area contributed by atoms with Gasteiger partial charge in [0.25, 0.3) is 0 Å². The van der Waals surface area contributed by atoms with Gasteiger partial charge < -0.3 is 15.4 Å². The van der Waals surface area contributed by atoms with Crippen molar-refractivity contribution in [3.63, 3.8) is 0 Å². The Kier molecular flexibility index (Phi) is 6.75. The van der Waals surface area contributed by atoms with E-state index in [0.29, 0.717) is 19.6 Å². The van der Waals surface area contributed by atoms with E-state index >= 15 is 0 Å². The average Bonchev–Trinajstić information content (AvgIpc) is 2.59. The molecule has 8 nitrogen and oxygen atoms in total. The van der Waals surface area contributed by atoms with Gasteiger partial charge in [0.1, 0.15) is 6.33 Å². The molecule has 12 heteroatoms. The molecule has 2 rings (SSSR count). The minimum absolute atomic E-state index is 0.0505. The van der Waals surface area contributed by atoms with Crippen molar-refractivity contribution in [3.05, 3.63) is 45.2 Å². The highest BCUT2D eigenvalue weighted by atomic mass is 35.5. The fourth-order valence-corrected chi connectivity index (χ4v) is 2.29. The van der Waals surface area contributed by atoms with Crippen LogP contribution >= 0.6 is 11.6 Å². The molecule has 0 amide bonds. The predicted octanol–water partition coefficient (Wildman–Crippen LogP) is 4.25. The molecule has 27 heavy (non-hydrogen) atoms. The topological polar surface area (TPSA) is 102 Å². The molecule has 0 atom stereocenters. The second-order valence-corrected chi connectivity index (χ2v) is 5.67. The number of hydrogen-bond donors (Lipinski definition) is 2. The number of aromatic nitrogens is 2. The molecule has 1 aromatic carbocycles. The maximum absolute atomic E-state index is 12.9. The Morgan fingerprint density at radius 3 is 2.63 bits per heavy atom. The molecule has 0 unspecified atom stereocenters. The summed E-state index contributed by atoms with van der Waals surface area (Å²) < 4.78 is 43.5. The van der Waals surface area contributed by atoms with Crippen LogP contribution in [0.25, 0.3) is 0 Å². The molecule has 1 heterocycles. The lowest BCUT2D eigenvalue weighted by atomic mass is 10.2. The van der Waals surface area contributed by atoms with Gasteiger partial charge in [-0.05, 0) is 24.6 Å². The molecule has 0 saturated heterocycles. The van der Waals surface area contributed by atoms with E-state index < -0.39 is 22.4 Å². The van der Waals surface area contributed by atoms with Crippen LogP contribution in [0.5, 0.6) is 0 Å². The minimum Gasteiger partial charge on any atom is -0.385 e. The predicted molar refractivity (Wildman–Crippen MR) is 93.4 cm³/mol. The summed E-state index contributed by atoms with van der Waals surface area (Å²) in [5, 5.41) is 16.7. The molecular weight excluding hydrogens is 391 g/mol. The summed E-state index contributed by atoms with van der Waals surface area (Å²) in [5.41, 5.74) is -1.63. The zero-order valence-corrected chi connectivity index (χ0v) is 14.8. The standard InChI is InChI=1S/C15H15ClF3N5O3/c1-27-6-2-5-20-13-12(24(25)26)14(22-8-21-13)23-11-7-9(15(17,18)19)3-4-10(11)16/h3-4,7-8H,2,5-6H2,1H3,(H2,20,21,22,23). The summed E-state index contributed by atoms with van der Waals surface area (Å²) in [5.74, 6) is -0.359. The number of anilines is 3. The summed E-state index contributed by atoms with van der Waals surface area (Å²) in [6, 6.07) is 2.61. The third-order valence-electron chi connectivity index (χ3n) is 3.37. The van der Waals surface area contributed by atoms with E-state index in [2.05, 4.69) is 20.6 Å². The van der Waals surface area contributed by atoms with Crippen molar-refractivity contribution in [1.29, 1.82) is 0 Å². The third kappa shape index (κ3) is 5.41. The smallest absolute Gasteiger partial charge is 0.385 e. The average molecular weight is 406 g/mol. The molecule has 0 spiro atoms. The largest absolute Gasteiger partial charge is 0.416 e. The summed E-state index contributed by atoms with van der Waals surface area (Å²) in [4.78, 5) is 18.3. The van der Waals surface area contributed by atoms with E-state index in [1.54, 1.807) is 0 Å². The van der Waals surface area contributed by atoms with Crippen molar-refractivity contribution in [2.75, 3.05) is 30.9 Å². The van der Waals surface area contributed by atoms with E-state index in [4.69, 9.17) is 16.3 Å². The molecule has 1 aromatic heterocycles. The van der Waals surface area contributed by atoms with Crippen LogP contribution < -0.4 is 10.6 Å². The van der Waals surface area contributed by atoms with Crippen LogP contribution in [0.3, 0.4) is 0 Å². The fourth-order valence-electron chi connectivity index (χ4n) is 2.12. The van der Waals surface area contributed by atoms with E-state index in [-0.39, 0.29) is 22.3 Å². The Labute approximate surface area is 156 Å². The van der Waals surface area contributed by atoms with Crippen LogP contribution in [0, 0.1) is 10.1 Å².